The third kappa shape index (κ3) is 4.26. The highest BCUT2D eigenvalue weighted by Gasteiger charge is 2.64. The van der Waals surface area contributed by atoms with E-state index in [1.165, 1.54) is 31.4 Å². The molecule has 0 aliphatic carbocycles. The van der Waals surface area contributed by atoms with E-state index in [1.54, 1.807) is 0 Å². The Bertz CT molecular complexity index is 1160. The van der Waals surface area contributed by atoms with E-state index in [4.69, 9.17) is 4.74 Å². The van der Waals surface area contributed by atoms with E-state index < -0.39 is 50.2 Å². The van der Waals surface area contributed by atoms with Crippen LogP contribution in [0.2, 0.25) is 0 Å². The topological polar surface area (TPSA) is 94.3 Å². The Balaban J connectivity index is 2.08. The van der Waals surface area contributed by atoms with Crippen LogP contribution in [0.25, 0.3) is 0 Å². The van der Waals surface area contributed by atoms with Crippen LogP contribution in [0.1, 0.15) is 11.1 Å². The average molecular weight is 459 g/mol. The fourth-order valence-electron chi connectivity index (χ4n) is 3.00. The van der Waals surface area contributed by atoms with Gasteiger partial charge in [0.1, 0.15) is 30.0 Å². The van der Waals surface area contributed by atoms with Crippen LogP contribution in [0.4, 0.5) is 17.6 Å². The molecular formula is C19H17F4N3O4S. The standard InChI is InChI=1S/C19H17F4N3O4S/c1-30-15-5-2-13(3-6-15)9-31(28,29)19(22,23)18(27,10-26-12-24-11-25-26)16-7-4-14(20)8-17(16)21/h2-8,11-12,27H,9-10H2,1H3. The van der Waals surface area contributed by atoms with Crippen molar-refractivity contribution in [2.24, 2.45) is 0 Å². The second-order valence-corrected chi connectivity index (χ2v) is 8.73. The molecule has 2 aromatic carbocycles. The quantitative estimate of drug-likeness (QED) is 0.521. The maximum atomic E-state index is 15.5. The molecule has 1 heterocycles. The number of nitrogens with zero attached hydrogens (tertiary/aromatic N) is 3. The van der Waals surface area contributed by atoms with Crippen LogP contribution < -0.4 is 4.74 Å². The lowest BCUT2D eigenvalue weighted by molar-refractivity contribution is -0.145. The summed E-state index contributed by atoms with van der Waals surface area (Å²) in [5.41, 5.74) is -4.74. The Morgan fingerprint density at radius 1 is 1.13 bits per heavy atom. The highest BCUT2D eigenvalue weighted by atomic mass is 32.2. The summed E-state index contributed by atoms with van der Waals surface area (Å²) in [5.74, 6) is -3.41. The van der Waals surface area contributed by atoms with Gasteiger partial charge in [0, 0.05) is 11.6 Å². The lowest BCUT2D eigenvalue weighted by Crippen LogP contribution is -2.54. The number of aliphatic hydroxyl groups is 1. The van der Waals surface area contributed by atoms with Crippen LogP contribution >= 0.6 is 0 Å². The fourth-order valence-corrected chi connectivity index (χ4v) is 4.50. The summed E-state index contributed by atoms with van der Waals surface area (Å²) in [4.78, 5) is 3.55. The molecule has 0 bridgehead atoms. The number of hydrogen-bond acceptors (Lipinski definition) is 6. The molecule has 0 saturated carbocycles. The van der Waals surface area contributed by atoms with Gasteiger partial charge in [0.05, 0.1) is 19.4 Å². The molecular weight excluding hydrogens is 442 g/mol. The molecule has 3 aromatic rings. The summed E-state index contributed by atoms with van der Waals surface area (Å²) in [5, 5.41) is 9.63. The second-order valence-electron chi connectivity index (χ2n) is 6.70. The number of aromatic nitrogens is 3. The molecule has 1 unspecified atom stereocenters. The lowest BCUT2D eigenvalue weighted by atomic mass is 9.93. The minimum absolute atomic E-state index is 0.0110. The molecule has 0 aliphatic rings. The van der Waals surface area contributed by atoms with Gasteiger partial charge in [-0.25, -0.2) is 26.9 Å². The minimum atomic E-state index is -5.41. The fraction of sp³-hybridized carbons (Fsp3) is 0.263. The number of alkyl halides is 2. The summed E-state index contributed by atoms with van der Waals surface area (Å²) < 4.78 is 89.7. The molecule has 166 valence electrons. The second kappa shape index (κ2) is 8.27. The average Bonchev–Trinajstić information content (AvgIpc) is 3.20. The molecule has 1 aromatic heterocycles. The lowest BCUT2D eigenvalue weighted by Gasteiger charge is -2.35. The van der Waals surface area contributed by atoms with Gasteiger partial charge in [-0.15, -0.1) is 0 Å². The Labute approximate surface area is 174 Å². The molecule has 7 nitrogen and oxygen atoms in total. The van der Waals surface area contributed by atoms with Crippen LogP contribution in [0.5, 0.6) is 5.75 Å². The zero-order valence-corrected chi connectivity index (χ0v) is 16.9. The zero-order chi connectivity index (χ0) is 22.9. The van der Waals surface area contributed by atoms with E-state index >= 15 is 8.78 Å². The van der Waals surface area contributed by atoms with Crippen LogP contribution in [-0.4, -0.2) is 40.7 Å². The number of hydrogen-bond donors (Lipinski definition) is 1. The van der Waals surface area contributed by atoms with Crippen molar-refractivity contribution in [2.75, 3.05) is 7.11 Å². The Kier molecular flexibility index (Phi) is 6.05. The van der Waals surface area contributed by atoms with Crippen molar-refractivity contribution in [1.29, 1.82) is 0 Å². The van der Waals surface area contributed by atoms with E-state index in [0.29, 0.717) is 17.9 Å². The van der Waals surface area contributed by atoms with E-state index in [0.717, 1.165) is 17.3 Å². The first-order valence-corrected chi connectivity index (χ1v) is 10.4. The van der Waals surface area contributed by atoms with E-state index in [-0.39, 0.29) is 11.6 Å². The normalized spacial score (nSPS) is 14.3. The molecule has 3 rings (SSSR count). The van der Waals surface area contributed by atoms with Crippen molar-refractivity contribution < 1.29 is 35.8 Å². The van der Waals surface area contributed by atoms with Crippen molar-refractivity contribution in [3.8, 4) is 5.75 Å². The van der Waals surface area contributed by atoms with Crippen LogP contribution in [0, 0.1) is 11.6 Å². The largest absolute Gasteiger partial charge is 0.497 e. The van der Waals surface area contributed by atoms with E-state index in [9.17, 15) is 22.3 Å². The minimum Gasteiger partial charge on any atom is -0.497 e. The van der Waals surface area contributed by atoms with Gasteiger partial charge in [-0.3, -0.25) is 0 Å². The summed E-state index contributed by atoms with van der Waals surface area (Å²) >= 11 is 0. The number of ether oxygens (including phenoxy) is 1. The highest BCUT2D eigenvalue weighted by molar-refractivity contribution is 7.91. The van der Waals surface area contributed by atoms with Gasteiger partial charge >= 0.3 is 5.25 Å². The molecule has 1 N–H and O–H groups in total. The number of sulfone groups is 1. The summed E-state index contributed by atoms with van der Waals surface area (Å²) in [6.45, 7) is -1.16. The SMILES string of the molecule is COc1ccc(CS(=O)(=O)C(F)(F)C(O)(Cn2cncn2)c2ccc(F)cc2F)cc1. The summed E-state index contributed by atoms with van der Waals surface area (Å²) in [7, 11) is -4.04. The van der Waals surface area contributed by atoms with Gasteiger partial charge in [0.25, 0.3) is 0 Å². The van der Waals surface area contributed by atoms with Crippen molar-refractivity contribution in [3.05, 3.63) is 77.9 Å². The Morgan fingerprint density at radius 3 is 2.35 bits per heavy atom. The summed E-state index contributed by atoms with van der Waals surface area (Å²) in [6.07, 6.45) is 1.91. The van der Waals surface area contributed by atoms with Crippen LogP contribution in [0.15, 0.2) is 55.1 Å². The van der Waals surface area contributed by atoms with Crippen LogP contribution in [0.3, 0.4) is 0 Å². The third-order valence-electron chi connectivity index (χ3n) is 4.62. The number of methoxy groups -OCH3 is 1. The summed E-state index contributed by atoms with van der Waals surface area (Å²) in [6, 6.07) is 6.76. The molecule has 0 spiro atoms. The highest BCUT2D eigenvalue weighted by Crippen LogP contribution is 2.45. The molecule has 31 heavy (non-hydrogen) atoms. The van der Waals surface area contributed by atoms with E-state index in [1.807, 2.05) is 0 Å². The van der Waals surface area contributed by atoms with Crippen molar-refractivity contribution in [1.82, 2.24) is 14.8 Å². The number of halogens is 4. The predicted molar refractivity (Wildman–Crippen MR) is 101 cm³/mol. The van der Waals surface area contributed by atoms with Gasteiger partial charge < -0.3 is 9.84 Å². The third-order valence-corrected chi connectivity index (χ3v) is 6.45. The molecule has 0 aliphatic heterocycles. The molecule has 12 heteroatoms. The van der Waals surface area contributed by atoms with Gasteiger partial charge in [0.15, 0.2) is 5.60 Å². The van der Waals surface area contributed by atoms with Gasteiger partial charge in [-0.05, 0) is 29.8 Å². The van der Waals surface area contributed by atoms with Crippen molar-refractivity contribution >= 4 is 9.84 Å². The first-order valence-electron chi connectivity index (χ1n) is 8.73. The van der Waals surface area contributed by atoms with Gasteiger partial charge in [-0.2, -0.15) is 13.9 Å². The van der Waals surface area contributed by atoms with Gasteiger partial charge in [-0.1, -0.05) is 12.1 Å². The predicted octanol–water partition coefficient (Wildman–Crippen LogP) is 2.66. The van der Waals surface area contributed by atoms with Crippen molar-refractivity contribution in [2.45, 2.75) is 23.2 Å². The van der Waals surface area contributed by atoms with Crippen LogP contribution in [-0.2, 0) is 27.7 Å². The number of benzene rings is 2. The molecule has 0 saturated heterocycles. The molecule has 0 fully saturated rings. The first-order chi connectivity index (χ1) is 14.5. The van der Waals surface area contributed by atoms with Crippen molar-refractivity contribution in [3.63, 3.8) is 0 Å². The Hall–Kier alpha value is -2.99. The molecule has 1 atom stereocenters. The zero-order valence-electron chi connectivity index (χ0n) is 16.0. The smallest absolute Gasteiger partial charge is 0.379 e. The van der Waals surface area contributed by atoms with Gasteiger partial charge in [0.2, 0.25) is 9.84 Å². The first kappa shape index (κ1) is 22.7. The Morgan fingerprint density at radius 2 is 1.81 bits per heavy atom. The monoisotopic (exact) mass is 459 g/mol. The van der Waals surface area contributed by atoms with E-state index in [2.05, 4.69) is 10.1 Å². The maximum Gasteiger partial charge on any atom is 0.379 e. The molecule has 0 amide bonds. The molecule has 0 radical (unpaired) electrons. The maximum absolute atomic E-state index is 15.5. The number of rotatable bonds is 8.